The van der Waals surface area contributed by atoms with E-state index >= 15 is 0 Å². The van der Waals surface area contributed by atoms with Gasteiger partial charge in [0.2, 0.25) is 5.91 Å². The van der Waals surface area contributed by atoms with Gasteiger partial charge in [-0.1, -0.05) is 42.5 Å². The highest BCUT2D eigenvalue weighted by atomic mass is 32.1. The van der Waals surface area contributed by atoms with Gasteiger partial charge in [0.05, 0.1) is 5.56 Å². The van der Waals surface area contributed by atoms with E-state index < -0.39 is 0 Å². The number of benzene rings is 2. The lowest BCUT2D eigenvalue weighted by Gasteiger charge is -2.16. The summed E-state index contributed by atoms with van der Waals surface area (Å²) in [5.41, 5.74) is 2.28. The third kappa shape index (κ3) is 6.95. The highest BCUT2D eigenvalue weighted by Crippen LogP contribution is 2.25. The van der Waals surface area contributed by atoms with Crippen molar-refractivity contribution >= 4 is 36.1 Å². The maximum atomic E-state index is 12.4. The highest BCUT2D eigenvalue weighted by molar-refractivity contribution is 7.80. The first-order valence-electron chi connectivity index (χ1n) is 10.7. The smallest absolute Gasteiger partial charge is 0.252 e. The molecule has 3 aromatic rings. The van der Waals surface area contributed by atoms with Gasteiger partial charge in [-0.15, -0.1) is 12.6 Å². The molecule has 0 saturated carbocycles. The number of hydrogen-bond donors (Lipinski definition) is 5. The number of anilines is 2. The van der Waals surface area contributed by atoms with Gasteiger partial charge in [-0.2, -0.15) is 0 Å². The standard InChI is InChI=1S/C24H28N6O2S/c1-16-21(26-13-12-25-17(2)31)29-23(18-8-4-3-5-9-18)30-22(16)27-14-15-28-24(32)19-10-6-7-11-20(19)33/h3-11,33H,12-15H2,1-2H3,(H,25,31)(H,28,32)(H2,26,27,29,30). The van der Waals surface area contributed by atoms with Gasteiger partial charge >= 0.3 is 0 Å². The van der Waals surface area contributed by atoms with E-state index in [1.54, 1.807) is 12.1 Å². The summed E-state index contributed by atoms with van der Waals surface area (Å²) < 4.78 is 0. The first-order valence-corrected chi connectivity index (χ1v) is 11.1. The van der Waals surface area contributed by atoms with Gasteiger partial charge in [-0.3, -0.25) is 9.59 Å². The van der Waals surface area contributed by atoms with E-state index in [0.717, 1.165) is 11.1 Å². The Morgan fingerprint density at radius 2 is 1.39 bits per heavy atom. The molecule has 0 radical (unpaired) electrons. The minimum atomic E-state index is -0.174. The second-order valence-corrected chi connectivity index (χ2v) is 7.83. The van der Waals surface area contributed by atoms with Crippen LogP contribution >= 0.6 is 12.6 Å². The average molecular weight is 465 g/mol. The molecule has 4 N–H and O–H groups in total. The van der Waals surface area contributed by atoms with Crippen molar-refractivity contribution < 1.29 is 9.59 Å². The van der Waals surface area contributed by atoms with E-state index in [2.05, 4.69) is 38.9 Å². The molecule has 1 heterocycles. The van der Waals surface area contributed by atoms with Crippen LogP contribution in [0.25, 0.3) is 11.4 Å². The molecule has 0 unspecified atom stereocenters. The van der Waals surface area contributed by atoms with Gasteiger partial charge < -0.3 is 21.3 Å². The molecular weight excluding hydrogens is 436 g/mol. The lowest BCUT2D eigenvalue weighted by atomic mass is 10.2. The number of amides is 2. The fraction of sp³-hybridized carbons (Fsp3) is 0.250. The summed E-state index contributed by atoms with van der Waals surface area (Å²) in [6.07, 6.45) is 0. The molecule has 2 amide bonds. The highest BCUT2D eigenvalue weighted by Gasteiger charge is 2.13. The van der Waals surface area contributed by atoms with E-state index in [-0.39, 0.29) is 11.8 Å². The van der Waals surface area contributed by atoms with Crippen LogP contribution in [-0.2, 0) is 4.79 Å². The van der Waals surface area contributed by atoms with Crippen LogP contribution in [0.5, 0.6) is 0 Å². The van der Waals surface area contributed by atoms with Crippen molar-refractivity contribution in [2.24, 2.45) is 0 Å². The molecule has 0 spiro atoms. The summed E-state index contributed by atoms with van der Waals surface area (Å²) in [5, 5.41) is 12.2. The van der Waals surface area contributed by atoms with E-state index in [9.17, 15) is 9.59 Å². The van der Waals surface area contributed by atoms with Crippen LogP contribution in [0.1, 0.15) is 22.8 Å². The zero-order valence-electron chi connectivity index (χ0n) is 18.7. The van der Waals surface area contributed by atoms with Crippen molar-refractivity contribution in [2.45, 2.75) is 18.7 Å². The summed E-state index contributed by atoms with van der Waals surface area (Å²) in [4.78, 5) is 33.5. The summed E-state index contributed by atoms with van der Waals surface area (Å²) >= 11 is 4.33. The molecule has 172 valence electrons. The number of rotatable bonds is 10. The van der Waals surface area contributed by atoms with Crippen LogP contribution in [-0.4, -0.2) is 48.0 Å². The van der Waals surface area contributed by atoms with E-state index in [0.29, 0.717) is 54.1 Å². The monoisotopic (exact) mass is 464 g/mol. The fourth-order valence-corrected chi connectivity index (χ4v) is 3.38. The fourth-order valence-electron chi connectivity index (χ4n) is 3.11. The minimum Gasteiger partial charge on any atom is -0.368 e. The Kier molecular flexibility index (Phi) is 8.65. The zero-order valence-corrected chi connectivity index (χ0v) is 19.6. The van der Waals surface area contributed by atoms with Crippen molar-refractivity contribution in [2.75, 3.05) is 36.8 Å². The Labute approximate surface area is 199 Å². The minimum absolute atomic E-state index is 0.0777. The quantitative estimate of drug-likeness (QED) is 0.233. The molecule has 3 rings (SSSR count). The molecular formula is C24H28N6O2S. The van der Waals surface area contributed by atoms with Gasteiger partial charge in [0.25, 0.3) is 5.91 Å². The number of nitrogens with one attached hydrogen (secondary N) is 4. The molecule has 0 atom stereocenters. The van der Waals surface area contributed by atoms with Crippen LogP contribution in [0, 0.1) is 6.92 Å². The average Bonchev–Trinajstić information content (AvgIpc) is 2.81. The first kappa shape index (κ1) is 24.1. The van der Waals surface area contributed by atoms with Crippen LogP contribution in [0.15, 0.2) is 59.5 Å². The van der Waals surface area contributed by atoms with Crippen LogP contribution < -0.4 is 21.3 Å². The second-order valence-electron chi connectivity index (χ2n) is 7.35. The molecule has 8 nitrogen and oxygen atoms in total. The van der Waals surface area contributed by atoms with Gasteiger partial charge in [0, 0.05) is 49.1 Å². The van der Waals surface area contributed by atoms with Crippen LogP contribution in [0.4, 0.5) is 11.6 Å². The molecule has 0 aliphatic rings. The Balaban J connectivity index is 1.68. The maximum absolute atomic E-state index is 12.4. The molecule has 1 aromatic heterocycles. The molecule has 0 saturated heterocycles. The van der Waals surface area contributed by atoms with E-state index in [4.69, 9.17) is 4.98 Å². The topological polar surface area (TPSA) is 108 Å². The second kappa shape index (κ2) is 11.9. The molecule has 2 aromatic carbocycles. The third-order valence-corrected chi connectivity index (χ3v) is 5.21. The lowest BCUT2D eigenvalue weighted by Crippen LogP contribution is -2.29. The van der Waals surface area contributed by atoms with Crippen molar-refractivity contribution in [1.82, 2.24) is 20.6 Å². The molecule has 33 heavy (non-hydrogen) atoms. The summed E-state index contributed by atoms with van der Waals surface area (Å²) in [6.45, 7) is 5.33. The maximum Gasteiger partial charge on any atom is 0.252 e. The van der Waals surface area contributed by atoms with E-state index in [1.807, 2.05) is 49.4 Å². The number of thiol groups is 1. The van der Waals surface area contributed by atoms with Crippen molar-refractivity contribution in [3.8, 4) is 11.4 Å². The number of nitrogens with zero attached hydrogens (tertiary/aromatic N) is 2. The summed E-state index contributed by atoms with van der Waals surface area (Å²) in [5.74, 6) is 1.69. The molecule has 0 fully saturated rings. The first-order chi connectivity index (χ1) is 16.0. The Morgan fingerprint density at radius 1 is 0.818 bits per heavy atom. The molecule has 0 aliphatic carbocycles. The lowest BCUT2D eigenvalue weighted by molar-refractivity contribution is -0.118. The van der Waals surface area contributed by atoms with Gasteiger partial charge in [0.15, 0.2) is 5.82 Å². The summed E-state index contributed by atoms with van der Waals surface area (Å²) in [7, 11) is 0. The Morgan fingerprint density at radius 3 is 2.00 bits per heavy atom. The van der Waals surface area contributed by atoms with Gasteiger partial charge in [0.1, 0.15) is 11.6 Å². The summed E-state index contributed by atoms with van der Waals surface area (Å²) in [6, 6.07) is 16.9. The molecule has 0 bridgehead atoms. The number of aromatic nitrogens is 2. The zero-order chi connectivity index (χ0) is 23.6. The van der Waals surface area contributed by atoms with E-state index in [1.165, 1.54) is 6.92 Å². The Hall–Kier alpha value is -3.59. The number of hydrogen-bond acceptors (Lipinski definition) is 7. The van der Waals surface area contributed by atoms with Crippen LogP contribution in [0.3, 0.4) is 0 Å². The van der Waals surface area contributed by atoms with Gasteiger partial charge in [-0.25, -0.2) is 9.97 Å². The third-order valence-electron chi connectivity index (χ3n) is 4.82. The van der Waals surface area contributed by atoms with Crippen LogP contribution in [0.2, 0.25) is 0 Å². The molecule has 0 aliphatic heterocycles. The normalized spacial score (nSPS) is 10.4. The van der Waals surface area contributed by atoms with Crippen molar-refractivity contribution in [3.05, 3.63) is 65.7 Å². The predicted molar refractivity (Wildman–Crippen MR) is 134 cm³/mol. The van der Waals surface area contributed by atoms with Gasteiger partial charge in [-0.05, 0) is 19.1 Å². The predicted octanol–water partition coefficient (Wildman–Crippen LogP) is 3.13. The molecule has 9 heteroatoms. The Bertz CT molecular complexity index is 1110. The number of carbonyl (C=O) groups is 2. The largest absolute Gasteiger partial charge is 0.368 e. The van der Waals surface area contributed by atoms with Crippen molar-refractivity contribution in [3.63, 3.8) is 0 Å². The van der Waals surface area contributed by atoms with Crippen molar-refractivity contribution in [1.29, 1.82) is 0 Å². The number of carbonyl (C=O) groups excluding carboxylic acids is 2. The SMILES string of the molecule is CC(=O)NCCNc1nc(-c2ccccc2)nc(NCCNC(=O)c2ccccc2S)c1C.